The molecular weight excluding hydrogens is 266 g/mol. The Morgan fingerprint density at radius 1 is 1.29 bits per heavy atom. The first-order chi connectivity index (χ1) is 10.1. The maximum Gasteiger partial charge on any atom is 0.255 e. The summed E-state index contributed by atoms with van der Waals surface area (Å²) in [5.74, 6) is 0.494. The molecule has 5 heteroatoms. The van der Waals surface area contributed by atoms with Crippen molar-refractivity contribution in [2.24, 2.45) is 11.8 Å². The van der Waals surface area contributed by atoms with Crippen molar-refractivity contribution in [1.29, 1.82) is 0 Å². The van der Waals surface area contributed by atoms with Crippen LogP contribution in [0, 0.1) is 11.8 Å². The van der Waals surface area contributed by atoms with Gasteiger partial charge in [0.25, 0.3) is 5.91 Å². The Bertz CT molecular complexity index is 555. The Morgan fingerprint density at radius 2 is 2.10 bits per heavy atom. The van der Waals surface area contributed by atoms with Gasteiger partial charge in [-0.25, -0.2) is 0 Å². The molecule has 1 aromatic rings. The highest BCUT2D eigenvalue weighted by molar-refractivity contribution is 5.95. The molecule has 1 aromatic heterocycles. The number of aryl methyl sites for hydroxylation is 1. The number of rotatable bonds is 3. The van der Waals surface area contributed by atoms with Crippen molar-refractivity contribution < 1.29 is 9.59 Å². The fourth-order valence-electron chi connectivity index (χ4n) is 3.34. The lowest BCUT2D eigenvalue weighted by atomic mass is 10.0. The first-order valence-electron chi connectivity index (χ1n) is 7.67. The first kappa shape index (κ1) is 14.0. The number of hydrogen-bond acceptors (Lipinski definition) is 3. The molecule has 21 heavy (non-hydrogen) atoms. The monoisotopic (exact) mass is 287 g/mol. The molecule has 2 fully saturated rings. The summed E-state index contributed by atoms with van der Waals surface area (Å²) in [5, 5.41) is 0. The van der Waals surface area contributed by atoms with Crippen molar-refractivity contribution in [3.8, 4) is 0 Å². The molecule has 0 bridgehead atoms. The van der Waals surface area contributed by atoms with Crippen LogP contribution < -0.4 is 0 Å². The summed E-state index contributed by atoms with van der Waals surface area (Å²) in [7, 11) is 0. The van der Waals surface area contributed by atoms with Crippen molar-refractivity contribution in [1.82, 2.24) is 14.8 Å². The van der Waals surface area contributed by atoms with Gasteiger partial charge in [-0.3, -0.25) is 14.6 Å². The van der Waals surface area contributed by atoms with E-state index < -0.39 is 0 Å². The van der Waals surface area contributed by atoms with Gasteiger partial charge in [0.1, 0.15) is 0 Å². The molecule has 3 heterocycles. The van der Waals surface area contributed by atoms with Crippen LogP contribution >= 0.6 is 0 Å². The molecule has 0 spiro atoms. The summed E-state index contributed by atoms with van der Waals surface area (Å²) < 4.78 is 0. The molecule has 2 aliphatic heterocycles. The molecule has 0 aliphatic carbocycles. The average Bonchev–Trinajstić information content (AvgIpc) is 3.06. The molecule has 112 valence electrons. The van der Waals surface area contributed by atoms with E-state index in [4.69, 9.17) is 0 Å². The van der Waals surface area contributed by atoms with Crippen LogP contribution in [0.2, 0.25) is 0 Å². The van der Waals surface area contributed by atoms with Gasteiger partial charge in [0, 0.05) is 44.0 Å². The zero-order chi connectivity index (χ0) is 15.0. The summed E-state index contributed by atoms with van der Waals surface area (Å²) >= 11 is 0. The molecule has 2 saturated heterocycles. The molecule has 0 aromatic carbocycles. The molecule has 0 saturated carbocycles. The summed E-state index contributed by atoms with van der Waals surface area (Å²) in [6.45, 7) is 6.83. The summed E-state index contributed by atoms with van der Waals surface area (Å²) in [6.07, 6.45) is 2.51. The van der Waals surface area contributed by atoms with Crippen molar-refractivity contribution in [2.45, 2.75) is 20.3 Å². The van der Waals surface area contributed by atoms with Gasteiger partial charge in [-0.05, 0) is 25.5 Å². The Hall–Kier alpha value is -1.91. The fourth-order valence-corrected chi connectivity index (χ4v) is 3.34. The lowest BCUT2D eigenvalue weighted by Gasteiger charge is -2.20. The molecule has 2 aliphatic rings. The zero-order valence-electron chi connectivity index (χ0n) is 12.6. The highest BCUT2D eigenvalue weighted by Gasteiger charge is 2.46. The number of likely N-dealkylation sites (tertiary alicyclic amines) is 2. The SMILES string of the molecule is CCc1ccc(C(=O)N2C[C@H]3CN(CC)C(=O)[C@H]3C2)cn1. The van der Waals surface area contributed by atoms with Gasteiger partial charge >= 0.3 is 0 Å². The third-order valence-electron chi connectivity index (χ3n) is 4.63. The Balaban J connectivity index is 1.69. The van der Waals surface area contributed by atoms with Gasteiger partial charge in [-0.1, -0.05) is 6.92 Å². The molecule has 5 nitrogen and oxygen atoms in total. The van der Waals surface area contributed by atoms with Crippen LogP contribution in [-0.4, -0.2) is 52.8 Å². The van der Waals surface area contributed by atoms with Gasteiger partial charge in [-0.2, -0.15) is 0 Å². The van der Waals surface area contributed by atoms with E-state index >= 15 is 0 Å². The van der Waals surface area contributed by atoms with Crippen LogP contribution in [-0.2, 0) is 11.2 Å². The molecular formula is C16H21N3O2. The molecule has 2 atom stereocenters. The average molecular weight is 287 g/mol. The van der Waals surface area contributed by atoms with Crippen molar-refractivity contribution in [3.05, 3.63) is 29.6 Å². The van der Waals surface area contributed by atoms with Crippen molar-refractivity contribution in [3.63, 3.8) is 0 Å². The minimum absolute atomic E-state index is 0.00299. The van der Waals surface area contributed by atoms with Crippen LogP contribution in [0.5, 0.6) is 0 Å². The highest BCUT2D eigenvalue weighted by Crippen LogP contribution is 2.32. The van der Waals surface area contributed by atoms with Crippen molar-refractivity contribution in [2.75, 3.05) is 26.2 Å². The Morgan fingerprint density at radius 3 is 2.67 bits per heavy atom. The maximum absolute atomic E-state index is 12.5. The second-order valence-electron chi connectivity index (χ2n) is 5.85. The number of nitrogens with zero attached hydrogens (tertiary/aromatic N) is 3. The number of hydrogen-bond donors (Lipinski definition) is 0. The highest BCUT2D eigenvalue weighted by atomic mass is 16.2. The molecule has 0 unspecified atom stereocenters. The first-order valence-corrected chi connectivity index (χ1v) is 7.67. The predicted octanol–water partition coefficient (Wildman–Crippen LogP) is 1.19. The molecule has 0 N–H and O–H groups in total. The standard InChI is InChI=1S/C16H21N3O2/c1-3-13-6-5-11(7-17-13)15(20)19-9-12-8-18(4-2)16(21)14(12)10-19/h5-7,12,14H,3-4,8-10H2,1-2H3/t12-,14+/m1/s1. The smallest absolute Gasteiger partial charge is 0.255 e. The minimum atomic E-state index is -0.00426. The minimum Gasteiger partial charge on any atom is -0.342 e. The molecule has 3 rings (SSSR count). The lowest BCUT2D eigenvalue weighted by molar-refractivity contribution is -0.130. The quantitative estimate of drug-likeness (QED) is 0.839. The lowest BCUT2D eigenvalue weighted by Crippen LogP contribution is -2.35. The number of aromatic nitrogens is 1. The van der Waals surface area contributed by atoms with Crippen LogP contribution in [0.1, 0.15) is 29.9 Å². The van der Waals surface area contributed by atoms with Crippen LogP contribution in [0.15, 0.2) is 18.3 Å². The molecule has 2 amide bonds. The largest absolute Gasteiger partial charge is 0.342 e. The number of fused-ring (bicyclic) bond motifs is 1. The summed E-state index contributed by atoms with van der Waals surface area (Å²) in [6, 6.07) is 3.73. The van der Waals surface area contributed by atoms with Gasteiger partial charge in [0.15, 0.2) is 0 Å². The van der Waals surface area contributed by atoms with Crippen molar-refractivity contribution >= 4 is 11.8 Å². The van der Waals surface area contributed by atoms with Gasteiger partial charge in [0.2, 0.25) is 5.91 Å². The maximum atomic E-state index is 12.5. The fraction of sp³-hybridized carbons (Fsp3) is 0.562. The predicted molar refractivity (Wildman–Crippen MR) is 78.8 cm³/mol. The number of carbonyl (C=O) groups excluding carboxylic acids is 2. The van der Waals surface area contributed by atoms with Crippen LogP contribution in [0.25, 0.3) is 0 Å². The van der Waals surface area contributed by atoms with E-state index in [0.29, 0.717) is 24.6 Å². The number of carbonyl (C=O) groups is 2. The van der Waals surface area contributed by atoms with E-state index in [9.17, 15) is 9.59 Å². The molecule has 0 radical (unpaired) electrons. The van der Waals surface area contributed by atoms with E-state index in [-0.39, 0.29) is 17.7 Å². The second-order valence-corrected chi connectivity index (χ2v) is 5.85. The summed E-state index contributed by atoms with van der Waals surface area (Å²) in [4.78, 5) is 32.7. The van der Waals surface area contributed by atoms with E-state index in [1.165, 1.54) is 0 Å². The normalized spacial score (nSPS) is 24.6. The van der Waals surface area contributed by atoms with E-state index in [1.54, 1.807) is 6.20 Å². The second kappa shape index (κ2) is 5.47. The third-order valence-corrected chi connectivity index (χ3v) is 4.63. The topological polar surface area (TPSA) is 53.5 Å². The van der Waals surface area contributed by atoms with Crippen LogP contribution in [0.4, 0.5) is 0 Å². The third kappa shape index (κ3) is 2.41. The van der Waals surface area contributed by atoms with Gasteiger partial charge in [-0.15, -0.1) is 0 Å². The zero-order valence-corrected chi connectivity index (χ0v) is 12.6. The number of amides is 2. The Kier molecular flexibility index (Phi) is 3.66. The van der Waals surface area contributed by atoms with Gasteiger partial charge in [0.05, 0.1) is 11.5 Å². The van der Waals surface area contributed by atoms with E-state index in [0.717, 1.165) is 25.2 Å². The van der Waals surface area contributed by atoms with Crippen LogP contribution in [0.3, 0.4) is 0 Å². The summed E-state index contributed by atoms with van der Waals surface area (Å²) in [5.41, 5.74) is 1.60. The number of pyridine rings is 1. The van der Waals surface area contributed by atoms with E-state index in [2.05, 4.69) is 4.98 Å². The van der Waals surface area contributed by atoms with E-state index in [1.807, 2.05) is 35.8 Å². The van der Waals surface area contributed by atoms with Gasteiger partial charge < -0.3 is 9.80 Å². The Labute approximate surface area is 124 Å².